The molecular formula is C13H24ClN3O2. The van der Waals surface area contributed by atoms with Gasteiger partial charge in [-0.15, -0.1) is 12.4 Å². The van der Waals surface area contributed by atoms with Crippen molar-refractivity contribution in [1.29, 1.82) is 0 Å². The number of nitrogens with two attached hydrogens (primary N) is 1. The summed E-state index contributed by atoms with van der Waals surface area (Å²) in [6.45, 7) is 4.24. The summed E-state index contributed by atoms with van der Waals surface area (Å²) in [6, 6.07) is 0.201. The monoisotopic (exact) mass is 289 g/mol. The van der Waals surface area contributed by atoms with E-state index in [0.717, 1.165) is 19.3 Å². The Hall–Kier alpha value is -0.810. The maximum atomic E-state index is 12.1. The first-order valence-corrected chi connectivity index (χ1v) is 6.87. The summed E-state index contributed by atoms with van der Waals surface area (Å²) in [5, 5.41) is 0. The largest absolute Gasteiger partial charge is 0.339 e. The Labute approximate surface area is 120 Å². The number of piperazine rings is 1. The molecule has 2 atom stereocenters. The predicted octanol–water partition coefficient (Wildman–Crippen LogP) is 0.616. The van der Waals surface area contributed by atoms with Gasteiger partial charge in [-0.1, -0.05) is 6.42 Å². The molecule has 110 valence electrons. The SMILES string of the molecule is CC(=O)N1CCN(C(=O)C[C@@H]2CCC[C@H]2N)CC1.Cl. The molecule has 19 heavy (non-hydrogen) atoms. The Morgan fingerprint density at radius 3 is 2.16 bits per heavy atom. The van der Waals surface area contributed by atoms with Gasteiger partial charge < -0.3 is 15.5 Å². The molecule has 1 saturated carbocycles. The maximum Gasteiger partial charge on any atom is 0.223 e. The van der Waals surface area contributed by atoms with Gasteiger partial charge in [0.25, 0.3) is 0 Å². The molecule has 5 nitrogen and oxygen atoms in total. The third-order valence-corrected chi connectivity index (χ3v) is 4.23. The van der Waals surface area contributed by atoms with Crippen molar-refractivity contribution in [2.24, 2.45) is 11.7 Å². The maximum absolute atomic E-state index is 12.1. The average molecular weight is 290 g/mol. The molecule has 1 heterocycles. The van der Waals surface area contributed by atoms with Gasteiger partial charge in [-0.25, -0.2) is 0 Å². The summed E-state index contributed by atoms with van der Waals surface area (Å²) in [5.41, 5.74) is 5.99. The molecule has 0 aromatic rings. The summed E-state index contributed by atoms with van der Waals surface area (Å²) < 4.78 is 0. The van der Waals surface area contributed by atoms with E-state index >= 15 is 0 Å². The lowest BCUT2D eigenvalue weighted by Crippen LogP contribution is -2.50. The van der Waals surface area contributed by atoms with Crippen LogP contribution in [0.5, 0.6) is 0 Å². The lowest BCUT2D eigenvalue weighted by Gasteiger charge is -2.35. The van der Waals surface area contributed by atoms with Crippen LogP contribution in [0.2, 0.25) is 0 Å². The van der Waals surface area contributed by atoms with Gasteiger partial charge in [0.2, 0.25) is 11.8 Å². The molecule has 0 spiro atoms. The fourth-order valence-electron chi connectivity index (χ4n) is 2.94. The Kier molecular flexibility index (Phi) is 6.07. The molecule has 1 aliphatic carbocycles. The molecule has 2 amide bonds. The van der Waals surface area contributed by atoms with Crippen molar-refractivity contribution < 1.29 is 9.59 Å². The molecule has 1 saturated heterocycles. The minimum Gasteiger partial charge on any atom is -0.339 e. The Bertz CT molecular complexity index is 330. The first kappa shape index (κ1) is 16.2. The molecule has 0 aromatic heterocycles. The number of carbonyl (C=O) groups is 2. The van der Waals surface area contributed by atoms with E-state index in [-0.39, 0.29) is 30.3 Å². The molecular weight excluding hydrogens is 266 g/mol. The number of halogens is 1. The average Bonchev–Trinajstić information content (AvgIpc) is 2.75. The normalized spacial score (nSPS) is 27.1. The van der Waals surface area contributed by atoms with Gasteiger partial charge >= 0.3 is 0 Å². The lowest BCUT2D eigenvalue weighted by atomic mass is 9.99. The van der Waals surface area contributed by atoms with Crippen LogP contribution in [-0.2, 0) is 9.59 Å². The van der Waals surface area contributed by atoms with Crippen LogP contribution in [0.1, 0.15) is 32.6 Å². The summed E-state index contributed by atoms with van der Waals surface area (Å²) in [6.07, 6.45) is 3.87. The number of amides is 2. The van der Waals surface area contributed by atoms with Gasteiger partial charge in [-0.2, -0.15) is 0 Å². The second-order valence-electron chi connectivity index (χ2n) is 5.45. The highest BCUT2D eigenvalue weighted by Gasteiger charge is 2.29. The van der Waals surface area contributed by atoms with Gasteiger partial charge in [-0.3, -0.25) is 9.59 Å². The number of hydrogen-bond acceptors (Lipinski definition) is 3. The molecule has 2 rings (SSSR count). The van der Waals surface area contributed by atoms with Crippen LogP contribution in [0.4, 0.5) is 0 Å². The van der Waals surface area contributed by atoms with Crippen LogP contribution in [0.3, 0.4) is 0 Å². The number of rotatable bonds is 2. The highest BCUT2D eigenvalue weighted by atomic mass is 35.5. The van der Waals surface area contributed by atoms with E-state index in [1.54, 1.807) is 11.8 Å². The number of nitrogens with zero attached hydrogens (tertiary/aromatic N) is 2. The highest BCUT2D eigenvalue weighted by Crippen LogP contribution is 2.27. The molecule has 1 aliphatic heterocycles. The van der Waals surface area contributed by atoms with Crippen LogP contribution >= 0.6 is 12.4 Å². The van der Waals surface area contributed by atoms with Crippen molar-refractivity contribution in [3.05, 3.63) is 0 Å². The fraction of sp³-hybridized carbons (Fsp3) is 0.846. The second-order valence-corrected chi connectivity index (χ2v) is 5.45. The minimum atomic E-state index is 0. The van der Waals surface area contributed by atoms with E-state index in [1.807, 2.05) is 4.90 Å². The molecule has 6 heteroatoms. The smallest absolute Gasteiger partial charge is 0.223 e. The molecule has 2 aliphatic rings. The number of carbonyl (C=O) groups excluding carboxylic acids is 2. The molecule has 2 N–H and O–H groups in total. The van der Waals surface area contributed by atoms with Crippen LogP contribution in [-0.4, -0.2) is 53.8 Å². The Morgan fingerprint density at radius 1 is 1.11 bits per heavy atom. The van der Waals surface area contributed by atoms with E-state index in [2.05, 4.69) is 0 Å². The van der Waals surface area contributed by atoms with Crippen molar-refractivity contribution in [2.45, 2.75) is 38.6 Å². The van der Waals surface area contributed by atoms with E-state index in [0.29, 0.717) is 38.5 Å². The summed E-state index contributed by atoms with van der Waals surface area (Å²) >= 11 is 0. The first-order chi connectivity index (χ1) is 8.58. The summed E-state index contributed by atoms with van der Waals surface area (Å²) in [5.74, 6) is 0.670. The van der Waals surface area contributed by atoms with Gasteiger partial charge in [0.05, 0.1) is 0 Å². The van der Waals surface area contributed by atoms with Crippen molar-refractivity contribution in [3.8, 4) is 0 Å². The zero-order valence-corrected chi connectivity index (χ0v) is 12.3. The van der Waals surface area contributed by atoms with Crippen LogP contribution in [0.25, 0.3) is 0 Å². The topological polar surface area (TPSA) is 66.6 Å². The highest BCUT2D eigenvalue weighted by molar-refractivity contribution is 5.85. The fourth-order valence-corrected chi connectivity index (χ4v) is 2.94. The van der Waals surface area contributed by atoms with Gasteiger partial charge in [-0.05, 0) is 18.8 Å². The predicted molar refractivity (Wildman–Crippen MR) is 76.0 cm³/mol. The van der Waals surface area contributed by atoms with Gasteiger partial charge in [0.15, 0.2) is 0 Å². The van der Waals surface area contributed by atoms with E-state index in [9.17, 15) is 9.59 Å². The zero-order chi connectivity index (χ0) is 13.1. The van der Waals surface area contributed by atoms with Crippen LogP contribution in [0, 0.1) is 5.92 Å². The molecule has 0 bridgehead atoms. The summed E-state index contributed by atoms with van der Waals surface area (Å²) in [4.78, 5) is 27.0. The van der Waals surface area contributed by atoms with Crippen molar-refractivity contribution >= 4 is 24.2 Å². The minimum absolute atomic E-state index is 0. The quantitative estimate of drug-likeness (QED) is 0.810. The van der Waals surface area contributed by atoms with Crippen molar-refractivity contribution in [2.75, 3.05) is 26.2 Å². The summed E-state index contributed by atoms with van der Waals surface area (Å²) in [7, 11) is 0. The third-order valence-electron chi connectivity index (χ3n) is 4.23. The van der Waals surface area contributed by atoms with Gasteiger partial charge in [0, 0.05) is 45.6 Å². The van der Waals surface area contributed by atoms with Crippen LogP contribution in [0.15, 0.2) is 0 Å². The molecule has 0 aromatic carbocycles. The second kappa shape index (κ2) is 7.10. The number of hydrogen-bond donors (Lipinski definition) is 1. The lowest BCUT2D eigenvalue weighted by molar-refractivity contribution is -0.139. The zero-order valence-electron chi connectivity index (χ0n) is 11.5. The third kappa shape index (κ3) is 4.08. The standard InChI is InChI=1S/C13H23N3O2.ClH/c1-10(17)15-5-7-16(8-6-15)13(18)9-11-3-2-4-12(11)14;/h11-12H,2-9,14H2,1H3;1H/t11-,12+;/m0./s1. The van der Waals surface area contributed by atoms with E-state index in [1.165, 1.54) is 0 Å². The Morgan fingerprint density at radius 2 is 1.68 bits per heavy atom. The van der Waals surface area contributed by atoms with E-state index in [4.69, 9.17) is 5.73 Å². The molecule has 0 radical (unpaired) electrons. The van der Waals surface area contributed by atoms with Gasteiger partial charge in [0.1, 0.15) is 0 Å². The van der Waals surface area contributed by atoms with E-state index < -0.39 is 0 Å². The first-order valence-electron chi connectivity index (χ1n) is 6.87. The molecule has 0 unspecified atom stereocenters. The Balaban J connectivity index is 0.00000180. The van der Waals surface area contributed by atoms with Crippen molar-refractivity contribution in [1.82, 2.24) is 9.80 Å². The molecule has 2 fully saturated rings. The van der Waals surface area contributed by atoms with Crippen LogP contribution < -0.4 is 5.73 Å². The van der Waals surface area contributed by atoms with Crippen molar-refractivity contribution in [3.63, 3.8) is 0 Å².